The molecule has 3 aliphatic rings. The van der Waals surface area contributed by atoms with Crippen LogP contribution in [0, 0.1) is 5.92 Å². The molecule has 13 N–H and O–H groups in total. The predicted molar refractivity (Wildman–Crippen MR) is 257 cm³/mol. The van der Waals surface area contributed by atoms with Gasteiger partial charge in [0.25, 0.3) is 17.1 Å². The number of hydrogen-bond acceptors (Lipinski definition) is 26. The van der Waals surface area contributed by atoms with E-state index in [0.717, 1.165) is 30.3 Å². The minimum atomic E-state index is -5.62. The molecule has 3 aliphatic heterocycles. The van der Waals surface area contributed by atoms with Crippen LogP contribution >= 0.6 is 30.8 Å². The number of hydrogen-bond donors (Lipinski definition) is 11. The fourth-order valence-corrected chi connectivity index (χ4v) is 14.4. The molecule has 0 spiro atoms. The Kier molecular flexibility index (Phi) is 17.3. The normalized spacial score (nSPS) is 29.6. The Morgan fingerprint density at radius 1 is 0.821 bits per heavy atom. The van der Waals surface area contributed by atoms with Gasteiger partial charge >= 0.3 is 42.2 Å². The third-order valence-electron chi connectivity index (χ3n) is 12.6. The highest BCUT2D eigenvalue weighted by molar-refractivity contribution is 7.64. The number of phosphoric acid groups is 2. The van der Waals surface area contributed by atoms with Crippen molar-refractivity contribution in [1.29, 1.82) is 0 Å². The largest absolute Gasteiger partial charge is 0.479 e. The summed E-state index contributed by atoms with van der Waals surface area (Å²) in [4.78, 5) is 114. The summed E-state index contributed by atoms with van der Waals surface area (Å²) in [5, 5.41) is 32.8. The number of phosphoric ester groups is 2. The molecule has 1 amide bonds. The molecule has 3 fully saturated rings. The Morgan fingerprint density at radius 2 is 1.49 bits per heavy atom. The van der Waals surface area contributed by atoms with E-state index in [4.69, 9.17) is 48.5 Å². The van der Waals surface area contributed by atoms with E-state index < -0.39 is 166 Å². The van der Waals surface area contributed by atoms with Crippen LogP contribution < -0.4 is 32.8 Å². The first-order valence-electron chi connectivity index (χ1n) is 22.9. The molecule has 3 saturated heterocycles. The van der Waals surface area contributed by atoms with Gasteiger partial charge in [0.15, 0.2) is 30.2 Å². The van der Waals surface area contributed by atoms with Gasteiger partial charge in [-0.1, -0.05) is 4.98 Å². The highest BCUT2D eigenvalue weighted by Gasteiger charge is 2.53. The third kappa shape index (κ3) is 12.8. The summed E-state index contributed by atoms with van der Waals surface area (Å²) in [6.07, 6.45) is -15.9. The van der Waals surface area contributed by atoms with Crippen molar-refractivity contribution >= 4 is 70.8 Å². The van der Waals surface area contributed by atoms with Crippen molar-refractivity contribution in [3.05, 3.63) is 62.4 Å². The summed E-state index contributed by atoms with van der Waals surface area (Å²) >= 11 is 0. The van der Waals surface area contributed by atoms with Crippen LogP contribution in [0.5, 0.6) is 0 Å². The highest BCUT2D eigenvalue weighted by atomic mass is 31.3. The van der Waals surface area contributed by atoms with Crippen molar-refractivity contribution in [1.82, 2.24) is 48.5 Å². The van der Waals surface area contributed by atoms with Gasteiger partial charge in [-0.25, -0.2) is 37.8 Å². The predicted octanol–water partition coefficient (Wildman–Crippen LogP) is -3.99. The van der Waals surface area contributed by atoms with Gasteiger partial charge in [0.1, 0.15) is 54.6 Å². The summed E-state index contributed by atoms with van der Waals surface area (Å²) in [7, 11) is -16.0. The number of imidazole rings is 2. The maximum atomic E-state index is 13.6. The number of nitrogen functional groups attached to an aromatic ring is 2. The number of aliphatic hydroxyl groups excluding tert-OH is 3. The van der Waals surface area contributed by atoms with Gasteiger partial charge in [-0.15, -0.1) is 0 Å². The second-order valence-corrected chi connectivity index (χ2v) is 25.0. The van der Waals surface area contributed by atoms with Gasteiger partial charge in [-0.3, -0.25) is 60.8 Å². The number of aromatic nitrogens is 10. The smallest absolute Gasteiger partial charge is 0.387 e. The number of rotatable bonds is 22. The third-order valence-corrected chi connectivity index (χ3v) is 18.4. The Morgan fingerprint density at radius 3 is 2.18 bits per heavy atom. The van der Waals surface area contributed by atoms with Crippen LogP contribution in [0.15, 0.2) is 45.6 Å². The number of ether oxygens (including phenoxy) is 4. The van der Waals surface area contributed by atoms with Crippen LogP contribution in [0.25, 0.3) is 22.3 Å². The number of aliphatic hydroxyl groups is 3. The number of aromatic amines is 2. The molecule has 0 aromatic carbocycles. The number of nitrogens with zero attached hydrogens (tertiary/aromatic N) is 9. The Labute approximate surface area is 436 Å². The number of H-pyrrole nitrogens is 2. The van der Waals surface area contributed by atoms with E-state index in [-0.39, 0.29) is 34.1 Å². The van der Waals surface area contributed by atoms with Crippen molar-refractivity contribution in [3.63, 3.8) is 0 Å². The lowest BCUT2D eigenvalue weighted by Gasteiger charge is -2.26. The minimum absolute atomic E-state index is 0.0186. The number of carbonyl (C=O) groups is 1. The molecule has 41 heteroatoms. The van der Waals surface area contributed by atoms with E-state index in [0.29, 0.717) is 0 Å². The van der Waals surface area contributed by atoms with Crippen molar-refractivity contribution in [2.45, 2.75) is 73.9 Å². The second-order valence-electron chi connectivity index (χ2n) is 18.1. The molecular weight excluding hydrogens is 1130 g/mol. The molecule has 37 nitrogen and oxygen atoms in total. The molecule has 430 valence electrons. The van der Waals surface area contributed by atoms with Crippen LogP contribution in [-0.4, -0.2) is 191 Å². The fourth-order valence-electron chi connectivity index (χ4n) is 8.75. The second kappa shape index (κ2) is 22.8. The fraction of sp³-hybridized carbons (Fsp3) is 0.595. The standard InChI is InChI=1S/C37H53N13O24P4/c1-46(2)21(52)9-16-17(70-33(24(16)53)50-15-47(3)23-31(50)44-36(39)45-32(23)56)10-69-78(64,65)74-76(60,61)8-7-75(58,59)67-12-19-27(28(66-4)35(72-19)49-14-42-22-29(38)40-13-41-30(22)49)73-77(62,63)68-11-18-25(54)26(55)34(71-18)48-6-5-20(51)43-37(48)57/h5-6,13-19,24-28,33-35,53-55H,7-12H2,1-4H3,(H9-,38,39,40,41,43,44,45,51,56,57,58,59,60,61,62,63,64,65)/p+1/t16-,17-,18-,19?,24-,25-,26-,27-,28-,33-,34-,35-/m1/s1. The highest BCUT2D eigenvalue weighted by Crippen LogP contribution is 2.62. The first-order chi connectivity index (χ1) is 36.5. The van der Waals surface area contributed by atoms with Gasteiger partial charge in [0, 0.05) is 45.8 Å². The number of aryl methyl sites for hydroxylation is 1. The Balaban J connectivity index is 0.925. The van der Waals surface area contributed by atoms with Crippen LogP contribution in [0.2, 0.25) is 0 Å². The molecule has 0 radical (unpaired) electrons. The molecule has 16 atom stereocenters. The maximum absolute atomic E-state index is 13.6. The summed E-state index contributed by atoms with van der Waals surface area (Å²) < 4.78 is 107. The summed E-state index contributed by atoms with van der Waals surface area (Å²) in [5.41, 5.74) is 9.39. The Hall–Kier alpha value is -5.07. The maximum Gasteiger partial charge on any atom is 0.479 e. The van der Waals surface area contributed by atoms with Crippen molar-refractivity contribution in [2.24, 2.45) is 13.0 Å². The first-order valence-corrected chi connectivity index (χ1v) is 29.4. The first kappa shape index (κ1) is 59.1. The number of methoxy groups -OCH3 is 1. The average Bonchev–Trinajstić information content (AvgIpc) is 4.32. The summed E-state index contributed by atoms with van der Waals surface area (Å²) in [5.74, 6) is -2.03. The zero-order valence-corrected chi connectivity index (χ0v) is 44.7. The lowest BCUT2D eigenvalue weighted by Crippen LogP contribution is -2.45. The minimum Gasteiger partial charge on any atom is -0.387 e. The van der Waals surface area contributed by atoms with Crippen LogP contribution in [0.4, 0.5) is 11.8 Å². The van der Waals surface area contributed by atoms with Crippen LogP contribution in [0.1, 0.15) is 25.1 Å². The van der Waals surface area contributed by atoms with Gasteiger partial charge < -0.3 is 74.7 Å². The topological polar surface area (TPSA) is 518 Å². The zero-order chi connectivity index (χ0) is 57.0. The number of nitrogens with two attached hydrogens (primary N) is 2. The number of fused-ring (bicyclic) bond motifs is 2. The number of amides is 1. The molecule has 78 heavy (non-hydrogen) atoms. The Bertz CT molecular complexity index is 3430. The molecule has 5 aromatic heterocycles. The number of nitrogens with one attached hydrogen (secondary N) is 2. The van der Waals surface area contributed by atoms with E-state index in [1.54, 1.807) is 0 Å². The van der Waals surface area contributed by atoms with Crippen molar-refractivity contribution < 1.29 is 104 Å². The van der Waals surface area contributed by atoms with E-state index in [1.807, 2.05) is 4.98 Å². The molecule has 8 heterocycles. The monoisotopic (exact) mass is 1190 g/mol. The molecule has 5 unspecified atom stereocenters. The molecular formula is C37H54N13O24P4+. The van der Waals surface area contributed by atoms with Crippen LogP contribution in [0.3, 0.4) is 0 Å². The lowest BCUT2D eigenvalue weighted by atomic mass is 9.94. The van der Waals surface area contributed by atoms with Gasteiger partial charge in [-0.2, -0.15) is 0 Å². The van der Waals surface area contributed by atoms with Gasteiger partial charge in [0.05, 0.1) is 51.6 Å². The van der Waals surface area contributed by atoms with Gasteiger partial charge in [0.2, 0.25) is 17.7 Å². The molecule has 5 aromatic rings. The number of carbonyl (C=O) groups excluding carboxylic acids is 1. The van der Waals surface area contributed by atoms with E-state index in [1.165, 1.54) is 52.4 Å². The summed E-state index contributed by atoms with van der Waals surface area (Å²) in [6.45, 7) is -2.95. The SMILES string of the molecule is CO[C@@H]1[C@H](OP(=O)(O)OC[C@H]2O[C@@H](n3ccc(=O)[nH]c3=O)[C@H](O)[C@@H]2O)C(COP(=O)(O)CCP(=O)(O)OP(=O)(O)OC[C@H]2O[C@@H]([n+]3cn(C)c4c(=O)[nH]c(N)nc43)[C@H](O)[C@@H]2CC(=O)N(C)C)O[C@H]1n1cnc2c(N)ncnc21. The van der Waals surface area contributed by atoms with E-state index in [2.05, 4.69) is 29.2 Å². The van der Waals surface area contributed by atoms with Gasteiger partial charge in [-0.05, 0) is 0 Å². The van der Waals surface area contributed by atoms with E-state index >= 15 is 0 Å². The molecule has 0 saturated carbocycles. The van der Waals surface area contributed by atoms with E-state index in [9.17, 15) is 72.3 Å². The molecule has 0 aliphatic carbocycles. The van der Waals surface area contributed by atoms with Crippen molar-refractivity contribution in [2.75, 3.05) is 64.8 Å². The quantitative estimate of drug-likeness (QED) is 0.0232. The summed E-state index contributed by atoms with van der Waals surface area (Å²) in [6, 6.07) is 0.937. The zero-order valence-electron chi connectivity index (χ0n) is 41.1. The van der Waals surface area contributed by atoms with Crippen LogP contribution in [-0.2, 0) is 71.5 Å². The lowest BCUT2D eigenvalue weighted by molar-refractivity contribution is -0.745. The molecule has 8 rings (SSSR count). The number of anilines is 2. The average molecular weight is 1190 g/mol. The molecule has 0 bridgehead atoms. The van der Waals surface area contributed by atoms with Crippen molar-refractivity contribution in [3.8, 4) is 0 Å².